The van der Waals surface area contributed by atoms with Gasteiger partial charge < -0.3 is 15.4 Å². The third-order valence-electron chi connectivity index (χ3n) is 2.28. The van der Waals surface area contributed by atoms with Crippen molar-refractivity contribution in [3.63, 3.8) is 0 Å². The van der Waals surface area contributed by atoms with Crippen LogP contribution in [0.4, 0.5) is 0 Å². The summed E-state index contributed by atoms with van der Waals surface area (Å²) in [7, 11) is 0. The number of hydrogen-bond donors (Lipinski definition) is 1. The van der Waals surface area contributed by atoms with E-state index in [4.69, 9.17) is 10.5 Å². The van der Waals surface area contributed by atoms with E-state index in [1.165, 1.54) is 0 Å². The number of nitrogens with two attached hydrogens (primary N) is 1. The Hall–Kier alpha value is -0.610. The maximum atomic E-state index is 11.6. The monoisotopic (exact) mass is 186 g/mol. The zero-order valence-electron chi connectivity index (χ0n) is 8.49. The molecule has 1 fully saturated rings. The molecule has 1 rings (SSSR count). The van der Waals surface area contributed by atoms with Crippen LogP contribution in [0.25, 0.3) is 0 Å². The maximum Gasteiger partial charge on any atom is 0.239 e. The Morgan fingerprint density at radius 3 is 2.77 bits per heavy atom. The lowest BCUT2D eigenvalue weighted by atomic mass is 10.1. The number of morpholine rings is 1. The lowest BCUT2D eigenvalue weighted by Gasteiger charge is -2.37. The molecule has 1 aliphatic rings. The van der Waals surface area contributed by atoms with Crippen molar-refractivity contribution in [3.8, 4) is 0 Å². The molecule has 0 saturated carbocycles. The number of nitrogens with zero attached hydrogens (tertiary/aromatic N) is 1. The van der Waals surface area contributed by atoms with Gasteiger partial charge in [-0.15, -0.1) is 0 Å². The highest BCUT2D eigenvalue weighted by atomic mass is 16.5. The molecular formula is C9H18N2O2. The van der Waals surface area contributed by atoms with Gasteiger partial charge in [-0.1, -0.05) is 0 Å². The van der Waals surface area contributed by atoms with Crippen molar-refractivity contribution in [3.05, 3.63) is 0 Å². The molecule has 1 saturated heterocycles. The van der Waals surface area contributed by atoms with E-state index < -0.39 is 6.04 Å². The zero-order valence-corrected chi connectivity index (χ0v) is 8.49. The Bertz CT molecular complexity index is 194. The molecule has 1 heterocycles. The first-order chi connectivity index (χ1) is 6.02. The van der Waals surface area contributed by atoms with Crippen LogP contribution < -0.4 is 5.73 Å². The van der Waals surface area contributed by atoms with Crippen LogP contribution in [0.2, 0.25) is 0 Å². The van der Waals surface area contributed by atoms with Crippen molar-refractivity contribution in [1.82, 2.24) is 4.90 Å². The Labute approximate surface area is 79.0 Å². The van der Waals surface area contributed by atoms with Gasteiger partial charge in [-0.3, -0.25) is 4.79 Å². The smallest absolute Gasteiger partial charge is 0.239 e. The van der Waals surface area contributed by atoms with Crippen molar-refractivity contribution in [2.75, 3.05) is 13.2 Å². The lowest BCUT2D eigenvalue weighted by molar-refractivity contribution is -0.144. The van der Waals surface area contributed by atoms with Gasteiger partial charge in [0.1, 0.15) is 0 Å². The fraction of sp³-hybridized carbons (Fsp3) is 0.889. The molecule has 0 aromatic heterocycles. The third kappa shape index (κ3) is 2.42. The van der Waals surface area contributed by atoms with Gasteiger partial charge in [-0.25, -0.2) is 0 Å². The van der Waals surface area contributed by atoms with Gasteiger partial charge in [0.05, 0.1) is 24.8 Å². The number of hydrogen-bond acceptors (Lipinski definition) is 3. The predicted octanol–water partition coefficient (Wildman–Crippen LogP) is -0.0306. The summed E-state index contributed by atoms with van der Waals surface area (Å²) in [6.07, 6.45) is 0.124. The lowest BCUT2D eigenvalue weighted by Crippen LogP contribution is -2.54. The summed E-state index contributed by atoms with van der Waals surface area (Å²) in [6.45, 7) is 6.93. The summed E-state index contributed by atoms with van der Waals surface area (Å²) in [5, 5.41) is 0. The van der Waals surface area contributed by atoms with Gasteiger partial charge in [-0.05, 0) is 20.8 Å². The van der Waals surface area contributed by atoms with Crippen molar-refractivity contribution in [2.45, 2.75) is 39.0 Å². The van der Waals surface area contributed by atoms with Crippen LogP contribution in [-0.2, 0) is 9.53 Å². The standard InChI is InChI=1S/C9H18N2O2/c1-6-5-13-7(2)4-11(6)9(12)8(3)10/h6-8H,4-5,10H2,1-3H3/t6?,7?,8-/m0/s1. The molecule has 0 aliphatic carbocycles. The number of amides is 1. The van der Waals surface area contributed by atoms with Crippen molar-refractivity contribution in [2.24, 2.45) is 5.73 Å². The second-order valence-electron chi connectivity index (χ2n) is 3.77. The summed E-state index contributed by atoms with van der Waals surface area (Å²) in [5.41, 5.74) is 5.54. The molecular weight excluding hydrogens is 168 g/mol. The van der Waals surface area contributed by atoms with E-state index in [0.29, 0.717) is 13.2 Å². The minimum absolute atomic E-state index is 0.0163. The Kier molecular flexibility index (Phi) is 3.27. The van der Waals surface area contributed by atoms with E-state index >= 15 is 0 Å². The first-order valence-electron chi connectivity index (χ1n) is 4.70. The Balaban J connectivity index is 2.60. The number of ether oxygens (including phenoxy) is 1. The maximum absolute atomic E-state index is 11.6. The average molecular weight is 186 g/mol. The van der Waals surface area contributed by atoms with E-state index in [-0.39, 0.29) is 18.1 Å². The topological polar surface area (TPSA) is 55.6 Å². The molecule has 76 valence electrons. The highest BCUT2D eigenvalue weighted by Crippen LogP contribution is 2.11. The molecule has 4 heteroatoms. The molecule has 0 aromatic rings. The van der Waals surface area contributed by atoms with Gasteiger partial charge >= 0.3 is 0 Å². The van der Waals surface area contributed by atoms with Crippen LogP contribution in [0.3, 0.4) is 0 Å². The van der Waals surface area contributed by atoms with Crippen LogP contribution in [-0.4, -0.2) is 42.1 Å². The van der Waals surface area contributed by atoms with Gasteiger partial charge in [-0.2, -0.15) is 0 Å². The quantitative estimate of drug-likeness (QED) is 0.625. The fourth-order valence-corrected chi connectivity index (χ4v) is 1.47. The van der Waals surface area contributed by atoms with Gasteiger partial charge in [0.25, 0.3) is 0 Å². The molecule has 0 bridgehead atoms. The van der Waals surface area contributed by atoms with Crippen molar-refractivity contribution < 1.29 is 9.53 Å². The predicted molar refractivity (Wildman–Crippen MR) is 50.2 cm³/mol. The summed E-state index contributed by atoms with van der Waals surface area (Å²) in [6, 6.07) is -0.262. The highest BCUT2D eigenvalue weighted by Gasteiger charge is 2.28. The van der Waals surface area contributed by atoms with Gasteiger partial charge in [0.15, 0.2) is 0 Å². The summed E-state index contributed by atoms with van der Waals surface area (Å²) < 4.78 is 5.42. The van der Waals surface area contributed by atoms with Crippen LogP contribution in [0, 0.1) is 0 Å². The molecule has 0 radical (unpaired) electrons. The molecule has 3 atom stereocenters. The molecule has 2 unspecified atom stereocenters. The first kappa shape index (κ1) is 10.5. The van der Waals surface area contributed by atoms with Crippen LogP contribution in [0.15, 0.2) is 0 Å². The average Bonchev–Trinajstić information content (AvgIpc) is 2.08. The first-order valence-corrected chi connectivity index (χ1v) is 4.70. The molecule has 1 amide bonds. The second kappa shape index (κ2) is 4.07. The van der Waals surface area contributed by atoms with Crippen LogP contribution in [0.5, 0.6) is 0 Å². The summed E-state index contributed by atoms with van der Waals surface area (Å²) in [4.78, 5) is 13.4. The largest absolute Gasteiger partial charge is 0.375 e. The SMILES string of the molecule is CC1CN(C(=O)[C@H](C)N)C(C)CO1. The summed E-state index contributed by atoms with van der Waals surface area (Å²) >= 11 is 0. The van der Waals surface area contributed by atoms with E-state index in [2.05, 4.69) is 0 Å². The Morgan fingerprint density at radius 1 is 1.62 bits per heavy atom. The summed E-state index contributed by atoms with van der Waals surface area (Å²) in [5.74, 6) is 0.0163. The van der Waals surface area contributed by atoms with E-state index in [1.54, 1.807) is 11.8 Å². The Morgan fingerprint density at radius 2 is 2.23 bits per heavy atom. The molecule has 2 N–H and O–H groups in total. The minimum Gasteiger partial charge on any atom is -0.375 e. The van der Waals surface area contributed by atoms with Crippen LogP contribution in [0.1, 0.15) is 20.8 Å². The molecule has 13 heavy (non-hydrogen) atoms. The zero-order chi connectivity index (χ0) is 10.0. The fourth-order valence-electron chi connectivity index (χ4n) is 1.47. The van der Waals surface area contributed by atoms with E-state index in [1.807, 2.05) is 13.8 Å². The molecule has 0 aromatic carbocycles. The number of carbonyl (C=O) groups excluding carboxylic acids is 1. The normalized spacial score (nSPS) is 31.5. The van der Waals surface area contributed by atoms with Gasteiger partial charge in [0, 0.05) is 6.54 Å². The highest BCUT2D eigenvalue weighted by molar-refractivity contribution is 5.81. The van der Waals surface area contributed by atoms with Crippen molar-refractivity contribution >= 4 is 5.91 Å². The minimum atomic E-state index is -0.409. The third-order valence-corrected chi connectivity index (χ3v) is 2.28. The van der Waals surface area contributed by atoms with Crippen molar-refractivity contribution in [1.29, 1.82) is 0 Å². The number of rotatable bonds is 1. The van der Waals surface area contributed by atoms with Crippen LogP contribution >= 0.6 is 0 Å². The second-order valence-corrected chi connectivity index (χ2v) is 3.77. The van der Waals surface area contributed by atoms with E-state index in [9.17, 15) is 4.79 Å². The number of carbonyl (C=O) groups is 1. The van der Waals surface area contributed by atoms with E-state index in [0.717, 1.165) is 0 Å². The van der Waals surface area contributed by atoms with Gasteiger partial charge in [0.2, 0.25) is 5.91 Å². The molecule has 1 aliphatic heterocycles. The molecule has 4 nitrogen and oxygen atoms in total. The molecule has 0 spiro atoms.